The summed E-state index contributed by atoms with van der Waals surface area (Å²) in [5, 5.41) is 1.15. The van der Waals surface area contributed by atoms with Crippen LogP contribution >= 0.6 is 0 Å². The molecule has 26 heavy (non-hydrogen) atoms. The van der Waals surface area contributed by atoms with Crippen molar-refractivity contribution in [3.63, 3.8) is 0 Å². The van der Waals surface area contributed by atoms with Crippen molar-refractivity contribution < 1.29 is 14.3 Å². The highest BCUT2D eigenvalue weighted by Crippen LogP contribution is 2.44. The quantitative estimate of drug-likeness (QED) is 0.767. The van der Waals surface area contributed by atoms with Crippen molar-refractivity contribution in [2.75, 3.05) is 13.3 Å². The van der Waals surface area contributed by atoms with Gasteiger partial charge in [-0.2, -0.15) is 0 Å². The van der Waals surface area contributed by atoms with Gasteiger partial charge in [-0.3, -0.25) is 4.79 Å². The van der Waals surface area contributed by atoms with Crippen molar-refractivity contribution in [2.45, 2.75) is 25.8 Å². The van der Waals surface area contributed by atoms with Gasteiger partial charge >= 0.3 is 0 Å². The van der Waals surface area contributed by atoms with Crippen molar-refractivity contribution in [3.05, 3.63) is 59.3 Å². The first-order valence-electron chi connectivity index (χ1n) is 9.04. The Hall–Kier alpha value is -2.95. The van der Waals surface area contributed by atoms with Crippen LogP contribution in [-0.2, 0) is 11.2 Å². The number of nitrogens with one attached hydrogen (secondary N) is 1. The normalized spacial score (nSPS) is 18.2. The molecule has 1 amide bonds. The number of carbonyl (C=O) groups excluding carboxylic acids is 1. The fourth-order valence-corrected chi connectivity index (χ4v) is 4.14. The van der Waals surface area contributed by atoms with Crippen LogP contribution in [-0.4, -0.2) is 29.1 Å². The lowest BCUT2D eigenvalue weighted by Gasteiger charge is -2.37. The fraction of sp³-hybridized carbons (Fsp3) is 0.286. The standard InChI is InChI=1S/C21H20N2O3/c1-2-20(24)23-8-7-13-9-18-19(26-12-25-18)10-15(13)21(23)16-11-22-17-6-4-3-5-14(16)17/h3-6,9-11,21-22H,2,7-8,12H2,1H3. The van der Waals surface area contributed by atoms with E-state index >= 15 is 0 Å². The number of ether oxygens (including phenoxy) is 2. The van der Waals surface area contributed by atoms with E-state index in [9.17, 15) is 4.79 Å². The number of aromatic nitrogens is 1. The number of benzene rings is 2. The summed E-state index contributed by atoms with van der Waals surface area (Å²) in [6.45, 7) is 2.89. The van der Waals surface area contributed by atoms with Gasteiger partial charge in [-0.1, -0.05) is 25.1 Å². The Balaban J connectivity index is 1.72. The highest BCUT2D eigenvalue weighted by Gasteiger charge is 2.34. The Morgan fingerprint density at radius 1 is 1.19 bits per heavy atom. The molecule has 2 aliphatic heterocycles. The van der Waals surface area contributed by atoms with Crippen LogP contribution in [0.1, 0.15) is 36.1 Å². The van der Waals surface area contributed by atoms with Gasteiger partial charge < -0.3 is 19.4 Å². The van der Waals surface area contributed by atoms with Crippen molar-refractivity contribution in [3.8, 4) is 11.5 Å². The Labute approximate surface area is 151 Å². The predicted molar refractivity (Wildman–Crippen MR) is 98.4 cm³/mol. The number of rotatable bonds is 2. The molecule has 0 fully saturated rings. The molecular weight excluding hydrogens is 328 g/mol. The van der Waals surface area contributed by atoms with E-state index in [0.717, 1.165) is 39.9 Å². The molecule has 0 bridgehead atoms. The molecule has 0 spiro atoms. The summed E-state index contributed by atoms with van der Waals surface area (Å²) in [6.07, 6.45) is 3.36. The molecule has 3 heterocycles. The van der Waals surface area contributed by atoms with Crippen molar-refractivity contribution >= 4 is 16.8 Å². The summed E-state index contributed by atoms with van der Waals surface area (Å²) in [5.41, 5.74) is 4.57. The van der Waals surface area contributed by atoms with E-state index < -0.39 is 0 Å². The van der Waals surface area contributed by atoms with Crippen molar-refractivity contribution in [1.29, 1.82) is 0 Å². The van der Waals surface area contributed by atoms with Gasteiger partial charge in [-0.05, 0) is 35.7 Å². The molecule has 1 atom stereocenters. The minimum atomic E-state index is -0.114. The number of amides is 1. The maximum Gasteiger partial charge on any atom is 0.231 e. The summed E-state index contributed by atoms with van der Waals surface area (Å²) in [5.74, 6) is 1.74. The highest BCUT2D eigenvalue weighted by atomic mass is 16.7. The summed E-state index contributed by atoms with van der Waals surface area (Å²) in [4.78, 5) is 18.1. The molecule has 3 aromatic rings. The second-order valence-electron chi connectivity index (χ2n) is 6.79. The summed E-state index contributed by atoms with van der Waals surface area (Å²) < 4.78 is 11.2. The third kappa shape index (κ3) is 2.20. The maximum atomic E-state index is 12.7. The van der Waals surface area contributed by atoms with Crippen LogP contribution in [0.5, 0.6) is 11.5 Å². The zero-order valence-electron chi connectivity index (χ0n) is 14.6. The van der Waals surface area contributed by atoms with Gasteiger partial charge in [0.05, 0.1) is 6.04 Å². The average molecular weight is 348 g/mol. The largest absolute Gasteiger partial charge is 0.454 e. The molecule has 0 aliphatic carbocycles. The lowest BCUT2D eigenvalue weighted by atomic mass is 9.87. The van der Waals surface area contributed by atoms with E-state index in [2.05, 4.69) is 29.2 Å². The van der Waals surface area contributed by atoms with Crippen LogP contribution in [0, 0.1) is 0 Å². The number of hydrogen-bond donors (Lipinski definition) is 1. The van der Waals surface area contributed by atoms with Gasteiger partial charge in [0.2, 0.25) is 12.7 Å². The molecular formula is C21H20N2O3. The first kappa shape index (κ1) is 15.3. The first-order valence-corrected chi connectivity index (χ1v) is 9.04. The van der Waals surface area contributed by atoms with Crippen LogP contribution in [0.25, 0.3) is 10.9 Å². The van der Waals surface area contributed by atoms with Gasteiger partial charge in [0.15, 0.2) is 11.5 Å². The van der Waals surface area contributed by atoms with Crippen LogP contribution < -0.4 is 9.47 Å². The van der Waals surface area contributed by atoms with E-state index in [0.29, 0.717) is 13.0 Å². The molecule has 1 N–H and O–H groups in total. The SMILES string of the molecule is CCC(=O)N1CCc2cc3c(cc2C1c1c[nH]c2ccccc12)OCO3. The second kappa shape index (κ2) is 5.80. The Bertz CT molecular complexity index is 1010. The third-order valence-electron chi connectivity index (χ3n) is 5.40. The number of para-hydroxylation sites is 1. The maximum absolute atomic E-state index is 12.7. The number of aromatic amines is 1. The molecule has 2 aliphatic rings. The fourth-order valence-electron chi connectivity index (χ4n) is 4.14. The Morgan fingerprint density at radius 3 is 2.85 bits per heavy atom. The smallest absolute Gasteiger partial charge is 0.231 e. The molecule has 5 nitrogen and oxygen atoms in total. The van der Waals surface area contributed by atoms with Gasteiger partial charge in [0.1, 0.15) is 0 Å². The molecule has 0 saturated carbocycles. The Kier molecular flexibility index (Phi) is 3.42. The minimum Gasteiger partial charge on any atom is -0.454 e. The van der Waals surface area contributed by atoms with Gasteiger partial charge in [-0.15, -0.1) is 0 Å². The van der Waals surface area contributed by atoms with E-state index in [1.165, 1.54) is 5.56 Å². The molecule has 1 aromatic heterocycles. The van der Waals surface area contributed by atoms with E-state index in [1.54, 1.807) is 0 Å². The number of fused-ring (bicyclic) bond motifs is 3. The lowest BCUT2D eigenvalue weighted by molar-refractivity contribution is -0.132. The molecule has 0 saturated heterocycles. The van der Waals surface area contributed by atoms with Crippen molar-refractivity contribution in [2.24, 2.45) is 0 Å². The van der Waals surface area contributed by atoms with Gasteiger partial charge in [0.25, 0.3) is 0 Å². The van der Waals surface area contributed by atoms with Gasteiger partial charge in [-0.25, -0.2) is 0 Å². The minimum absolute atomic E-state index is 0.114. The number of carbonyl (C=O) groups is 1. The molecule has 1 unspecified atom stereocenters. The molecule has 2 aromatic carbocycles. The first-order chi connectivity index (χ1) is 12.8. The molecule has 132 valence electrons. The zero-order valence-corrected chi connectivity index (χ0v) is 14.6. The van der Waals surface area contributed by atoms with Crippen LogP contribution in [0.15, 0.2) is 42.6 Å². The molecule has 0 radical (unpaired) electrons. The van der Waals surface area contributed by atoms with E-state index in [4.69, 9.17) is 9.47 Å². The zero-order chi connectivity index (χ0) is 17.7. The van der Waals surface area contributed by atoms with Crippen LogP contribution in [0.4, 0.5) is 0 Å². The monoisotopic (exact) mass is 348 g/mol. The summed E-state index contributed by atoms with van der Waals surface area (Å²) in [6, 6.07) is 12.2. The molecule has 5 heteroatoms. The number of hydrogen-bond acceptors (Lipinski definition) is 3. The topological polar surface area (TPSA) is 54.6 Å². The third-order valence-corrected chi connectivity index (χ3v) is 5.40. The van der Waals surface area contributed by atoms with Crippen molar-refractivity contribution in [1.82, 2.24) is 9.88 Å². The number of H-pyrrole nitrogens is 1. The second-order valence-corrected chi connectivity index (χ2v) is 6.79. The van der Waals surface area contributed by atoms with Crippen LogP contribution in [0.3, 0.4) is 0 Å². The number of nitrogens with zero attached hydrogens (tertiary/aromatic N) is 1. The van der Waals surface area contributed by atoms with E-state index in [-0.39, 0.29) is 18.7 Å². The van der Waals surface area contributed by atoms with Gasteiger partial charge in [0, 0.05) is 35.6 Å². The predicted octanol–water partition coefficient (Wildman–Crippen LogP) is 3.78. The Morgan fingerprint density at radius 2 is 2.00 bits per heavy atom. The average Bonchev–Trinajstić information content (AvgIpc) is 3.31. The summed E-state index contributed by atoms with van der Waals surface area (Å²) >= 11 is 0. The van der Waals surface area contributed by atoms with Crippen LogP contribution in [0.2, 0.25) is 0 Å². The lowest BCUT2D eigenvalue weighted by Crippen LogP contribution is -2.40. The molecule has 5 rings (SSSR count). The van der Waals surface area contributed by atoms with E-state index in [1.807, 2.05) is 30.2 Å². The highest BCUT2D eigenvalue weighted by molar-refractivity contribution is 5.86. The summed E-state index contributed by atoms with van der Waals surface area (Å²) in [7, 11) is 0.